The van der Waals surface area contributed by atoms with Crippen molar-refractivity contribution in [3.63, 3.8) is 0 Å². The van der Waals surface area contributed by atoms with E-state index in [-0.39, 0.29) is 5.56 Å². The van der Waals surface area contributed by atoms with Gasteiger partial charge in [-0.1, -0.05) is 36.4 Å². The van der Waals surface area contributed by atoms with E-state index < -0.39 is 0 Å². The number of benzene rings is 2. The van der Waals surface area contributed by atoms with Crippen LogP contribution in [0.4, 0.5) is 0 Å². The van der Waals surface area contributed by atoms with E-state index in [2.05, 4.69) is 12.7 Å². The summed E-state index contributed by atoms with van der Waals surface area (Å²) in [6.07, 6.45) is 4.55. The third kappa shape index (κ3) is 3.04. The van der Waals surface area contributed by atoms with Crippen LogP contribution in [0.5, 0.6) is 5.75 Å². The molecule has 0 bridgehead atoms. The molecule has 0 N–H and O–H groups in total. The Labute approximate surface area is 156 Å². The lowest BCUT2D eigenvalue weighted by Gasteiger charge is -2.07. The van der Waals surface area contributed by atoms with Crippen molar-refractivity contribution >= 4 is 34.2 Å². The quantitative estimate of drug-likeness (QED) is 0.637. The lowest BCUT2D eigenvalue weighted by atomic mass is 10.1. The lowest BCUT2D eigenvalue weighted by molar-refractivity contribution is 0.363. The number of fused-ring (bicyclic) bond motifs is 2. The largest absolute Gasteiger partial charge is 0.490 e. The molecule has 5 heteroatoms. The Morgan fingerprint density at radius 1 is 1.27 bits per heavy atom. The molecule has 0 saturated heterocycles. The number of hydrogen-bond donors (Lipinski definition) is 0. The zero-order chi connectivity index (χ0) is 18.1. The zero-order valence-corrected chi connectivity index (χ0v) is 14.9. The minimum atomic E-state index is -0.0426. The number of hydrogen-bond acceptors (Lipinski definition) is 3. The Bertz CT molecular complexity index is 1100. The molecule has 4 nitrogen and oxygen atoms in total. The molecular formula is C21H17ClN2O2. The van der Waals surface area contributed by atoms with Gasteiger partial charge in [0.15, 0.2) is 0 Å². The number of rotatable bonds is 4. The molecule has 1 aromatic heterocycles. The van der Waals surface area contributed by atoms with Crippen LogP contribution in [0.2, 0.25) is 5.02 Å². The summed E-state index contributed by atoms with van der Waals surface area (Å²) in [6.45, 7) is 4.75. The predicted molar refractivity (Wildman–Crippen MR) is 106 cm³/mol. The second-order valence-electron chi connectivity index (χ2n) is 6.15. The lowest BCUT2D eigenvalue weighted by Crippen LogP contribution is -2.20. The van der Waals surface area contributed by atoms with E-state index in [0.717, 1.165) is 29.1 Å². The highest BCUT2D eigenvalue weighted by atomic mass is 35.5. The summed E-state index contributed by atoms with van der Waals surface area (Å²) in [5.41, 5.74) is 2.68. The predicted octanol–water partition coefficient (Wildman–Crippen LogP) is 4.56. The first kappa shape index (κ1) is 16.6. The van der Waals surface area contributed by atoms with Crippen molar-refractivity contribution in [1.29, 1.82) is 0 Å². The molecule has 0 unspecified atom stereocenters. The van der Waals surface area contributed by atoms with Gasteiger partial charge in [0.05, 0.1) is 10.9 Å². The number of halogens is 1. The van der Waals surface area contributed by atoms with Gasteiger partial charge < -0.3 is 4.74 Å². The van der Waals surface area contributed by atoms with Crippen LogP contribution in [0.25, 0.3) is 22.6 Å². The summed E-state index contributed by atoms with van der Waals surface area (Å²) in [7, 11) is 0. The summed E-state index contributed by atoms with van der Waals surface area (Å²) in [4.78, 5) is 17.4. The maximum Gasteiger partial charge on any atom is 0.261 e. The van der Waals surface area contributed by atoms with Crippen molar-refractivity contribution in [2.75, 3.05) is 6.61 Å². The molecule has 0 fully saturated rings. The molecule has 26 heavy (non-hydrogen) atoms. The number of nitrogens with zero attached hydrogens (tertiary/aromatic N) is 2. The summed E-state index contributed by atoms with van der Waals surface area (Å²) in [5, 5.41) is 1.10. The Balaban J connectivity index is 1.77. The average Bonchev–Trinajstić information content (AvgIpc) is 3.04. The van der Waals surface area contributed by atoms with Crippen LogP contribution in [-0.2, 0) is 6.54 Å². The molecule has 2 aromatic carbocycles. The second kappa shape index (κ2) is 6.81. The van der Waals surface area contributed by atoms with Gasteiger partial charge in [-0.15, -0.1) is 0 Å². The van der Waals surface area contributed by atoms with Gasteiger partial charge in [-0.05, 0) is 54.0 Å². The molecule has 0 amide bonds. The molecule has 130 valence electrons. The third-order valence-electron chi connectivity index (χ3n) is 4.37. The van der Waals surface area contributed by atoms with Crippen LogP contribution in [0.15, 0.2) is 59.9 Å². The first-order valence-electron chi connectivity index (χ1n) is 8.40. The van der Waals surface area contributed by atoms with Crippen LogP contribution in [0, 0.1) is 0 Å². The fraction of sp³-hybridized carbons (Fsp3) is 0.143. The molecular weight excluding hydrogens is 348 g/mol. The van der Waals surface area contributed by atoms with E-state index in [4.69, 9.17) is 21.3 Å². The fourth-order valence-electron chi connectivity index (χ4n) is 3.18. The van der Waals surface area contributed by atoms with Crippen LogP contribution >= 0.6 is 11.6 Å². The van der Waals surface area contributed by atoms with Gasteiger partial charge in [-0.2, -0.15) is 0 Å². The zero-order valence-electron chi connectivity index (χ0n) is 14.1. The number of aromatic nitrogens is 2. The maximum absolute atomic E-state index is 12.8. The van der Waals surface area contributed by atoms with E-state index in [1.807, 2.05) is 24.3 Å². The molecule has 0 saturated carbocycles. The van der Waals surface area contributed by atoms with Gasteiger partial charge in [-0.3, -0.25) is 9.36 Å². The van der Waals surface area contributed by atoms with Gasteiger partial charge >= 0.3 is 0 Å². The Morgan fingerprint density at radius 2 is 2.15 bits per heavy atom. The Morgan fingerprint density at radius 3 is 3.00 bits per heavy atom. The van der Waals surface area contributed by atoms with Crippen molar-refractivity contribution in [2.24, 2.45) is 0 Å². The summed E-state index contributed by atoms with van der Waals surface area (Å²) < 4.78 is 7.31. The molecule has 0 atom stereocenters. The van der Waals surface area contributed by atoms with Gasteiger partial charge in [0.1, 0.15) is 18.2 Å². The minimum absolute atomic E-state index is 0.0426. The second-order valence-corrected chi connectivity index (χ2v) is 6.58. The summed E-state index contributed by atoms with van der Waals surface area (Å²) in [6, 6.07) is 13.1. The number of allylic oxidation sites excluding steroid dienone is 1. The van der Waals surface area contributed by atoms with E-state index in [1.165, 1.54) is 0 Å². The Kier molecular flexibility index (Phi) is 4.35. The summed E-state index contributed by atoms with van der Waals surface area (Å²) >= 11 is 6.02. The fourth-order valence-corrected chi connectivity index (χ4v) is 3.35. The van der Waals surface area contributed by atoms with Crippen molar-refractivity contribution in [2.45, 2.75) is 13.0 Å². The van der Waals surface area contributed by atoms with Gasteiger partial charge in [0.2, 0.25) is 0 Å². The topological polar surface area (TPSA) is 44.1 Å². The van der Waals surface area contributed by atoms with E-state index >= 15 is 0 Å². The minimum Gasteiger partial charge on any atom is -0.490 e. The van der Waals surface area contributed by atoms with Crippen molar-refractivity contribution < 1.29 is 4.74 Å². The van der Waals surface area contributed by atoms with Crippen molar-refractivity contribution in [1.82, 2.24) is 9.55 Å². The molecule has 3 aromatic rings. The normalized spacial score (nSPS) is 14.6. The van der Waals surface area contributed by atoms with E-state index in [0.29, 0.717) is 29.1 Å². The van der Waals surface area contributed by atoms with Gasteiger partial charge in [-0.25, -0.2) is 4.98 Å². The maximum atomic E-state index is 12.8. The monoisotopic (exact) mass is 364 g/mol. The molecule has 1 aliphatic heterocycles. The highest BCUT2D eigenvalue weighted by Crippen LogP contribution is 2.28. The highest BCUT2D eigenvalue weighted by molar-refractivity contribution is 6.31. The van der Waals surface area contributed by atoms with E-state index in [1.54, 1.807) is 28.8 Å². The standard InChI is InChI=1S/C21H17ClN2O2/c1-2-10-26-17-5-3-4-14(12-17)11-15-8-9-24-20(15)23-19-7-6-16(22)13-18(19)21(24)25/h2-7,11-13H,1,8-10H2/b15-11-. The van der Waals surface area contributed by atoms with Gasteiger partial charge in [0.25, 0.3) is 5.56 Å². The summed E-state index contributed by atoms with van der Waals surface area (Å²) in [5.74, 6) is 1.51. The third-order valence-corrected chi connectivity index (χ3v) is 4.61. The highest BCUT2D eigenvalue weighted by Gasteiger charge is 2.21. The number of ether oxygens (including phenoxy) is 1. The SMILES string of the molecule is C=CCOc1cccc(/C=C2/CCn3c2nc2ccc(Cl)cc2c3=O)c1. The molecule has 0 spiro atoms. The smallest absolute Gasteiger partial charge is 0.261 e. The molecule has 0 aliphatic carbocycles. The molecule has 2 heterocycles. The average molecular weight is 365 g/mol. The molecule has 0 radical (unpaired) electrons. The van der Waals surface area contributed by atoms with Crippen LogP contribution in [0.3, 0.4) is 0 Å². The van der Waals surface area contributed by atoms with Crippen LogP contribution in [-0.4, -0.2) is 16.2 Å². The Hall–Kier alpha value is -2.85. The molecule has 4 rings (SSSR count). The van der Waals surface area contributed by atoms with Crippen molar-refractivity contribution in [3.05, 3.63) is 81.9 Å². The van der Waals surface area contributed by atoms with Crippen LogP contribution in [0.1, 0.15) is 17.8 Å². The first-order valence-corrected chi connectivity index (χ1v) is 8.78. The van der Waals surface area contributed by atoms with Crippen LogP contribution < -0.4 is 10.3 Å². The first-order chi connectivity index (χ1) is 12.7. The molecule has 1 aliphatic rings. The van der Waals surface area contributed by atoms with Gasteiger partial charge in [0, 0.05) is 11.6 Å². The van der Waals surface area contributed by atoms with E-state index in [9.17, 15) is 4.79 Å². The van der Waals surface area contributed by atoms with Crippen molar-refractivity contribution in [3.8, 4) is 5.75 Å².